The molecule has 2 aliphatic heterocycles. The molecular weight excluding hydrogens is 472 g/mol. The third kappa shape index (κ3) is 3.22. The first kappa shape index (κ1) is 26.4. The van der Waals surface area contributed by atoms with E-state index in [9.17, 15) is 24.6 Å². The van der Waals surface area contributed by atoms with Gasteiger partial charge in [-0.2, -0.15) is 0 Å². The number of aliphatic carboxylic acids is 1. The molecule has 2 heterocycles. The number of aliphatic hydroxyl groups is 1. The zero-order valence-corrected chi connectivity index (χ0v) is 22.8. The number of carbonyl (C=O) groups excluding carboxylic acids is 2. The van der Waals surface area contributed by atoms with E-state index in [0.717, 1.165) is 16.7 Å². The van der Waals surface area contributed by atoms with Gasteiger partial charge in [0.1, 0.15) is 11.7 Å². The third-order valence-electron chi connectivity index (χ3n) is 11.1. The number of ether oxygens (including phenoxy) is 2. The second-order valence-electron chi connectivity index (χ2n) is 12.9. The van der Waals surface area contributed by atoms with Crippen LogP contribution in [0.5, 0.6) is 0 Å². The predicted octanol–water partition coefficient (Wildman–Crippen LogP) is 4.39. The second kappa shape index (κ2) is 8.12. The first-order valence-corrected chi connectivity index (χ1v) is 13.5. The summed E-state index contributed by atoms with van der Waals surface area (Å²) in [6, 6.07) is 0. The molecule has 2 saturated carbocycles. The van der Waals surface area contributed by atoms with Gasteiger partial charge in [0.2, 0.25) is 0 Å². The summed E-state index contributed by atoms with van der Waals surface area (Å²) in [6.45, 7) is 16.0. The lowest BCUT2D eigenvalue weighted by atomic mass is 9.43. The van der Waals surface area contributed by atoms with Gasteiger partial charge in [0.05, 0.1) is 18.1 Å². The van der Waals surface area contributed by atoms with Gasteiger partial charge in [-0.05, 0) is 68.1 Å². The molecule has 4 fully saturated rings. The molecule has 0 aromatic heterocycles. The molecule has 0 radical (unpaired) electrons. The van der Waals surface area contributed by atoms with Crippen molar-refractivity contribution < 1.29 is 34.1 Å². The van der Waals surface area contributed by atoms with Gasteiger partial charge in [-0.25, -0.2) is 0 Å². The number of rotatable bonds is 6. The summed E-state index contributed by atoms with van der Waals surface area (Å²) in [5.41, 5.74) is -0.534. The summed E-state index contributed by atoms with van der Waals surface area (Å²) in [6.07, 6.45) is 4.46. The molecule has 0 amide bonds. The van der Waals surface area contributed by atoms with E-state index in [4.69, 9.17) is 9.47 Å². The zero-order valence-electron chi connectivity index (χ0n) is 22.8. The van der Waals surface area contributed by atoms with E-state index in [1.165, 1.54) is 0 Å². The number of hydrogen-bond donors (Lipinski definition) is 2. The van der Waals surface area contributed by atoms with Crippen molar-refractivity contribution >= 4 is 17.7 Å². The van der Waals surface area contributed by atoms with Crippen LogP contribution in [0, 0.1) is 34.0 Å². The monoisotopic (exact) mass is 512 g/mol. The lowest BCUT2D eigenvalue weighted by Crippen LogP contribution is -2.63. The maximum absolute atomic E-state index is 14.2. The summed E-state index contributed by atoms with van der Waals surface area (Å²) in [5.74, 6) is -1.56. The summed E-state index contributed by atoms with van der Waals surface area (Å²) in [7, 11) is 0. The molecule has 202 valence electrons. The Kier molecular flexibility index (Phi) is 5.79. The van der Waals surface area contributed by atoms with E-state index in [1.807, 2.05) is 47.6 Å². The van der Waals surface area contributed by atoms with E-state index in [-0.39, 0.29) is 48.1 Å². The van der Waals surface area contributed by atoms with Crippen molar-refractivity contribution in [2.24, 2.45) is 34.0 Å². The van der Waals surface area contributed by atoms with E-state index < -0.39 is 33.9 Å². The zero-order chi connectivity index (χ0) is 27.3. The number of esters is 1. The Balaban J connectivity index is 1.60. The molecule has 5 aliphatic rings. The van der Waals surface area contributed by atoms with Crippen LogP contribution in [0.3, 0.4) is 0 Å². The lowest BCUT2D eigenvalue weighted by Gasteiger charge is -2.57. The van der Waals surface area contributed by atoms with Gasteiger partial charge in [0.15, 0.2) is 5.78 Å². The average Bonchev–Trinajstić information content (AvgIpc) is 3.40. The van der Waals surface area contributed by atoms with Gasteiger partial charge in [0, 0.05) is 23.7 Å². The molecule has 3 aliphatic carbocycles. The van der Waals surface area contributed by atoms with Gasteiger partial charge < -0.3 is 19.7 Å². The number of fused-ring (bicyclic) bond motifs is 1. The van der Waals surface area contributed by atoms with Crippen LogP contribution in [0.2, 0.25) is 0 Å². The number of carboxylic acids is 1. The van der Waals surface area contributed by atoms with Crippen molar-refractivity contribution in [3.63, 3.8) is 0 Å². The number of cyclic esters (lactones) is 1. The molecular formula is C30H40O7. The van der Waals surface area contributed by atoms with Crippen LogP contribution in [0.15, 0.2) is 35.5 Å². The molecule has 0 bridgehead atoms. The Morgan fingerprint density at radius 2 is 1.84 bits per heavy atom. The number of aliphatic hydroxyl groups excluding tert-OH is 1. The standard InChI is InChI=1S/C30H40O7/c1-15(2)19-13-24-30(37-24)21(27(19,5)9-8-25(33)34)14-22(31)28(6)20(12-23(32)29(28,30)7)16(3)10-18-11-17(4)26(35)36-18/h10,14,17-20,23-24,32H,1,8-9,11-13H2,2-7H3,(H,33,34)/b16-10+/t17-,18+,19-,20+,23+,24+,27-,28-,29+,30-/m0/s1. The van der Waals surface area contributed by atoms with Crippen LogP contribution in [0.1, 0.15) is 73.6 Å². The summed E-state index contributed by atoms with van der Waals surface area (Å²) < 4.78 is 12.1. The molecule has 37 heavy (non-hydrogen) atoms. The Morgan fingerprint density at radius 1 is 1.16 bits per heavy atom. The van der Waals surface area contributed by atoms with Crippen LogP contribution in [0.25, 0.3) is 0 Å². The van der Waals surface area contributed by atoms with Crippen molar-refractivity contribution in [3.8, 4) is 0 Å². The molecule has 2 saturated heterocycles. The minimum atomic E-state index is -0.927. The van der Waals surface area contributed by atoms with Gasteiger partial charge in [-0.15, -0.1) is 0 Å². The summed E-state index contributed by atoms with van der Waals surface area (Å²) in [4.78, 5) is 37.8. The molecule has 5 rings (SSSR count). The fourth-order valence-electron chi connectivity index (χ4n) is 8.81. The number of epoxide rings is 1. The maximum Gasteiger partial charge on any atom is 0.309 e. The highest BCUT2D eigenvalue weighted by atomic mass is 16.6. The molecule has 1 spiro atoms. The van der Waals surface area contributed by atoms with Crippen LogP contribution in [0.4, 0.5) is 0 Å². The minimum absolute atomic E-state index is 0.0190. The second-order valence-corrected chi connectivity index (χ2v) is 12.9. The predicted molar refractivity (Wildman–Crippen MR) is 136 cm³/mol. The van der Waals surface area contributed by atoms with E-state index in [1.54, 1.807) is 6.08 Å². The number of allylic oxidation sites excluding steroid dienone is 3. The Hall–Kier alpha value is -2.25. The van der Waals surface area contributed by atoms with Crippen LogP contribution in [-0.2, 0) is 23.9 Å². The largest absolute Gasteiger partial charge is 0.481 e. The molecule has 10 atom stereocenters. The Morgan fingerprint density at radius 3 is 2.41 bits per heavy atom. The lowest BCUT2D eigenvalue weighted by molar-refractivity contribution is -0.144. The van der Waals surface area contributed by atoms with E-state index in [2.05, 4.69) is 6.58 Å². The number of ketones is 1. The van der Waals surface area contributed by atoms with Crippen molar-refractivity contribution in [1.82, 2.24) is 0 Å². The normalized spacial score (nSPS) is 48.5. The highest BCUT2D eigenvalue weighted by molar-refractivity contribution is 5.99. The van der Waals surface area contributed by atoms with Gasteiger partial charge in [-0.3, -0.25) is 14.4 Å². The molecule has 2 N–H and O–H groups in total. The minimum Gasteiger partial charge on any atom is -0.481 e. The fourth-order valence-corrected chi connectivity index (χ4v) is 8.81. The molecule has 0 unspecified atom stereocenters. The van der Waals surface area contributed by atoms with Crippen LogP contribution < -0.4 is 0 Å². The van der Waals surface area contributed by atoms with Gasteiger partial charge >= 0.3 is 11.9 Å². The molecule has 0 aromatic rings. The quantitative estimate of drug-likeness (QED) is 0.308. The number of carbonyl (C=O) groups is 3. The fraction of sp³-hybridized carbons (Fsp3) is 0.700. The summed E-state index contributed by atoms with van der Waals surface area (Å²) in [5, 5.41) is 21.3. The van der Waals surface area contributed by atoms with Crippen molar-refractivity contribution in [2.45, 2.75) is 97.6 Å². The number of carboxylic acid groups (broad SMARTS) is 1. The molecule has 7 nitrogen and oxygen atoms in total. The van der Waals surface area contributed by atoms with Crippen molar-refractivity contribution in [2.75, 3.05) is 0 Å². The van der Waals surface area contributed by atoms with E-state index >= 15 is 0 Å². The van der Waals surface area contributed by atoms with Gasteiger partial charge in [-0.1, -0.05) is 45.4 Å². The maximum atomic E-state index is 14.2. The third-order valence-corrected chi connectivity index (χ3v) is 11.1. The SMILES string of the molecule is C=C(C)[C@@H]1C[C@H]2O[C@@]23C(=CC(=O)[C@]2(C)[C@@H](/C(C)=C/[C@@H]4C[C@H](C)C(=O)O4)C[C@@H](O)[C@]23C)[C@@]1(C)CCC(=O)O. The van der Waals surface area contributed by atoms with E-state index in [0.29, 0.717) is 25.7 Å². The van der Waals surface area contributed by atoms with Crippen LogP contribution in [-0.4, -0.2) is 51.8 Å². The molecule has 7 heteroatoms. The van der Waals surface area contributed by atoms with Gasteiger partial charge in [0.25, 0.3) is 0 Å². The first-order chi connectivity index (χ1) is 17.1. The number of hydrogen-bond acceptors (Lipinski definition) is 6. The van der Waals surface area contributed by atoms with Crippen molar-refractivity contribution in [3.05, 3.63) is 35.5 Å². The summed E-state index contributed by atoms with van der Waals surface area (Å²) >= 11 is 0. The van der Waals surface area contributed by atoms with Crippen LogP contribution >= 0.6 is 0 Å². The average molecular weight is 513 g/mol. The topological polar surface area (TPSA) is 113 Å². The molecule has 0 aromatic carbocycles. The Bertz CT molecular complexity index is 1150. The van der Waals surface area contributed by atoms with Crippen molar-refractivity contribution in [1.29, 1.82) is 0 Å². The Labute approximate surface area is 219 Å². The smallest absolute Gasteiger partial charge is 0.309 e. The first-order valence-electron chi connectivity index (χ1n) is 13.5. The highest BCUT2D eigenvalue weighted by Crippen LogP contribution is 2.78. The highest BCUT2D eigenvalue weighted by Gasteiger charge is 2.84.